The van der Waals surface area contributed by atoms with Crippen molar-refractivity contribution in [2.75, 3.05) is 26.2 Å². The van der Waals surface area contributed by atoms with Crippen LogP contribution in [0, 0.1) is 0 Å². The third-order valence-electron chi connectivity index (χ3n) is 3.73. The van der Waals surface area contributed by atoms with Gasteiger partial charge in [-0.3, -0.25) is 4.79 Å². The highest BCUT2D eigenvalue weighted by molar-refractivity contribution is 8.14. The average Bonchev–Trinajstić information content (AvgIpc) is 2.34. The van der Waals surface area contributed by atoms with Crippen molar-refractivity contribution in [3.05, 3.63) is 0 Å². The van der Waals surface area contributed by atoms with Gasteiger partial charge in [0.05, 0.1) is 0 Å². The van der Waals surface area contributed by atoms with Crippen molar-refractivity contribution in [2.45, 2.75) is 70.2 Å². The first-order valence-electron chi connectivity index (χ1n) is 9.44. The van der Waals surface area contributed by atoms with Crippen LogP contribution in [0.4, 0.5) is 9.59 Å². The molecule has 0 bridgehead atoms. The van der Waals surface area contributed by atoms with Crippen LogP contribution in [0.25, 0.3) is 0 Å². The molecule has 0 aromatic heterocycles. The minimum atomic E-state index is -3.55. The lowest BCUT2D eigenvalue weighted by Crippen LogP contribution is -2.56. The number of carbonyl (C=O) groups excluding carboxylic acids is 3. The number of amides is 2. The summed E-state index contributed by atoms with van der Waals surface area (Å²) >= 11 is 1.29. The van der Waals surface area contributed by atoms with Crippen LogP contribution in [0.3, 0.4) is 0 Å². The first kappa shape index (κ1) is 26.8. The van der Waals surface area contributed by atoms with Crippen molar-refractivity contribution in [3.63, 3.8) is 0 Å². The molecular formula is C18H31ClN2O7S2. The zero-order valence-corrected chi connectivity index (χ0v) is 20.8. The van der Waals surface area contributed by atoms with Gasteiger partial charge in [0.2, 0.25) is 9.05 Å². The zero-order valence-electron chi connectivity index (χ0n) is 18.4. The van der Waals surface area contributed by atoms with Gasteiger partial charge in [0.1, 0.15) is 16.5 Å². The third-order valence-corrected chi connectivity index (χ3v) is 6.54. The predicted octanol–water partition coefficient (Wildman–Crippen LogP) is 3.06. The lowest BCUT2D eigenvalue weighted by molar-refractivity contribution is -0.109. The molecule has 0 unspecified atom stereocenters. The average molecular weight is 487 g/mol. The van der Waals surface area contributed by atoms with Crippen molar-refractivity contribution in [1.29, 1.82) is 0 Å². The van der Waals surface area contributed by atoms with Crippen molar-refractivity contribution in [3.8, 4) is 0 Å². The quantitative estimate of drug-likeness (QED) is 0.547. The molecule has 12 heteroatoms. The molecule has 9 nitrogen and oxygen atoms in total. The van der Waals surface area contributed by atoms with Crippen molar-refractivity contribution in [2.24, 2.45) is 0 Å². The zero-order chi connectivity index (χ0) is 23.5. The van der Waals surface area contributed by atoms with Gasteiger partial charge in [0.15, 0.2) is 5.12 Å². The van der Waals surface area contributed by atoms with E-state index >= 15 is 0 Å². The van der Waals surface area contributed by atoms with E-state index in [4.69, 9.17) is 20.2 Å². The van der Waals surface area contributed by atoms with Gasteiger partial charge in [0.25, 0.3) is 0 Å². The normalized spacial score (nSPS) is 17.9. The number of carbonyl (C=O) groups is 3. The summed E-state index contributed by atoms with van der Waals surface area (Å²) in [6.07, 6.45) is -0.790. The van der Waals surface area contributed by atoms with Crippen molar-refractivity contribution in [1.82, 2.24) is 9.80 Å². The molecule has 2 aliphatic heterocycles. The van der Waals surface area contributed by atoms with Crippen LogP contribution in [0.1, 0.15) is 48.5 Å². The summed E-state index contributed by atoms with van der Waals surface area (Å²) < 4.78 is 31.9. The van der Waals surface area contributed by atoms with Crippen LogP contribution in [0.5, 0.6) is 0 Å². The van der Waals surface area contributed by atoms with Crippen molar-refractivity contribution < 1.29 is 32.3 Å². The van der Waals surface area contributed by atoms with E-state index in [-0.39, 0.29) is 29.5 Å². The largest absolute Gasteiger partial charge is 0.444 e. The van der Waals surface area contributed by atoms with Crippen molar-refractivity contribution >= 4 is 48.8 Å². The molecule has 2 fully saturated rings. The number of thioether (sulfide) groups is 1. The Kier molecular flexibility index (Phi) is 8.90. The summed E-state index contributed by atoms with van der Waals surface area (Å²) in [6.45, 7) is 13.8. The van der Waals surface area contributed by atoms with Crippen LogP contribution in [0.15, 0.2) is 0 Å². The van der Waals surface area contributed by atoms with E-state index in [1.165, 1.54) is 16.7 Å². The Hall–Kier alpha value is -1.20. The number of halogens is 1. The molecule has 2 aliphatic rings. The van der Waals surface area contributed by atoms with Gasteiger partial charge in [-0.1, -0.05) is 11.8 Å². The van der Waals surface area contributed by atoms with E-state index < -0.39 is 31.6 Å². The molecule has 2 amide bonds. The molecule has 0 spiro atoms. The Morgan fingerprint density at radius 3 is 1.53 bits per heavy atom. The molecule has 0 N–H and O–H groups in total. The van der Waals surface area contributed by atoms with Crippen LogP contribution < -0.4 is 0 Å². The van der Waals surface area contributed by atoms with Crippen LogP contribution in [-0.4, -0.2) is 83.4 Å². The fraction of sp³-hybridized carbons (Fsp3) is 0.833. The SMILES string of the molecule is CC(=O)SC1CN(C(=O)OC(C)(C)C)C1.CC(C)(C)OC(=O)N1CC(S(=O)(=O)Cl)C1. The van der Waals surface area contributed by atoms with Gasteiger partial charge in [-0.05, 0) is 41.5 Å². The summed E-state index contributed by atoms with van der Waals surface area (Å²) in [6, 6.07) is 0. The van der Waals surface area contributed by atoms with E-state index in [9.17, 15) is 22.8 Å². The summed E-state index contributed by atoms with van der Waals surface area (Å²) in [7, 11) is 1.58. The maximum atomic E-state index is 11.5. The minimum Gasteiger partial charge on any atom is -0.444 e. The lowest BCUT2D eigenvalue weighted by atomic mass is 10.2. The molecule has 2 heterocycles. The Balaban J connectivity index is 0.000000300. The molecule has 2 rings (SSSR count). The number of hydrogen-bond acceptors (Lipinski definition) is 8. The van der Waals surface area contributed by atoms with Gasteiger partial charge < -0.3 is 19.3 Å². The first-order chi connectivity index (χ1) is 13.4. The Morgan fingerprint density at radius 2 is 1.23 bits per heavy atom. The number of hydrogen-bond donors (Lipinski definition) is 0. The van der Waals surface area contributed by atoms with Crippen LogP contribution in [0.2, 0.25) is 0 Å². The van der Waals surface area contributed by atoms with Gasteiger partial charge in [-0.15, -0.1) is 0 Å². The number of likely N-dealkylation sites (tertiary alicyclic amines) is 2. The molecular weight excluding hydrogens is 456 g/mol. The summed E-state index contributed by atoms with van der Waals surface area (Å²) in [5, 5.41) is -0.314. The number of ether oxygens (including phenoxy) is 2. The second-order valence-corrected chi connectivity index (χ2v) is 13.5. The van der Waals surface area contributed by atoms with Gasteiger partial charge in [0, 0.05) is 49.0 Å². The smallest absolute Gasteiger partial charge is 0.410 e. The Morgan fingerprint density at radius 1 is 0.867 bits per heavy atom. The van der Waals surface area contributed by atoms with Crippen LogP contribution >= 0.6 is 22.4 Å². The van der Waals surface area contributed by atoms with E-state index in [1.807, 2.05) is 20.8 Å². The molecule has 0 saturated carbocycles. The summed E-state index contributed by atoms with van der Waals surface area (Å²) in [4.78, 5) is 36.6. The fourth-order valence-electron chi connectivity index (χ4n) is 2.31. The van der Waals surface area contributed by atoms with Gasteiger partial charge in [-0.2, -0.15) is 0 Å². The van der Waals surface area contributed by atoms with Gasteiger partial charge >= 0.3 is 12.2 Å². The molecule has 0 aromatic carbocycles. The fourth-order valence-corrected chi connectivity index (χ4v) is 4.35. The number of nitrogens with zero attached hydrogens (tertiary/aromatic N) is 2. The van der Waals surface area contributed by atoms with E-state index in [1.54, 1.807) is 32.6 Å². The highest BCUT2D eigenvalue weighted by Gasteiger charge is 2.40. The topological polar surface area (TPSA) is 110 Å². The maximum absolute atomic E-state index is 11.5. The summed E-state index contributed by atoms with van der Waals surface area (Å²) in [5.74, 6) is 0. The maximum Gasteiger partial charge on any atom is 0.410 e. The lowest BCUT2D eigenvalue weighted by Gasteiger charge is -2.38. The van der Waals surface area contributed by atoms with E-state index in [0.717, 1.165) is 0 Å². The molecule has 0 atom stereocenters. The van der Waals surface area contributed by atoms with E-state index in [2.05, 4.69) is 0 Å². The predicted molar refractivity (Wildman–Crippen MR) is 116 cm³/mol. The van der Waals surface area contributed by atoms with Crippen LogP contribution in [-0.2, 0) is 23.3 Å². The molecule has 2 saturated heterocycles. The molecule has 174 valence electrons. The summed E-state index contributed by atoms with van der Waals surface area (Å²) in [5.41, 5.74) is -1.02. The Bertz CT molecular complexity index is 747. The Labute approximate surface area is 187 Å². The highest BCUT2D eigenvalue weighted by Crippen LogP contribution is 2.24. The molecule has 0 aliphatic carbocycles. The molecule has 0 radical (unpaired) electrons. The van der Waals surface area contributed by atoms with Gasteiger partial charge in [-0.25, -0.2) is 18.0 Å². The molecule has 0 aromatic rings. The minimum absolute atomic E-state index is 0.101. The number of rotatable bonds is 2. The third kappa shape index (κ3) is 9.74. The second kappa shape index (κ2) is 9.95. The van der Waals surface area contributed by atoms with E-state index in [0.29, 0.717) is 13.1 Å². The first-order valence-corrected chi connectivity index (χ1v) is 12.7. The highest BCUT2D eigenvalue weighted by atomic mass is 35.7. The monoisotopic (exact) mass is 486 g/mol. The standard InChI is InChI=1S/C10H17NO3S.C8H14ClNO4S/c1-7(12)15-8-5-11(6-8)9(13)14-10(2,3)4;1-8(2,3)14-7(11)10-4-6(5-10)15(9,12)13/h8H,5-6H2,1-4H3;6H,4-5H2,1-3H3. The second-order valence-electron chi connectivity index (χ2n) is 9.10. The molecule has 30 heavy (non-hydrogen) atoms.